The molecule has 130 valence electrons. The Bertz CT molecular complexity index is 773. The minimum Gasteiger partial charge on any atom is -0.444 e. The van der Waals surface area contributed by atoms with Crippen LogP contribution in [0.1, 0.15) is 35.1 Å². The minimum atomic E-state index is -0.479. The van der Waals surface area contributed by atoms with Gasteiger partial charge in [-0.05, 0) is 18.4 Å². The highest BCUT2D eigenvalue weighted by molar-refractivity contribution is 7.09. The first-order valence-electron chi connectivity index (χ1n) is 8.42. The van der Waals surface area contributed by atoms with Crippen molar-refractivity contribution in [3.05, 3.63) is 52.0 Å². The van der Waals surface area contributed by atoms with E-state index < -0.39 is 12.3 Å². The molecule has 0 saturated heterocycles. The van der Waals surface area contributed by atoms with E-state index in [0.29, 0.717) is 13.0 Å². The third-order valence-corrected chi connectivity index (χ3v) is 5.41. The molecule has 1 aliphatic carbocycles. The fraction of sp³-hybridized carbons (Fsp3) is 0.389. The van der Waals surface area contributed by atoms with Crippen LogP contribution in [0, 0.1) is 5.92 Å². The van der Waals surface area contributed by atoms with Crippen molar-refractivity contribution in [3.8, 4) is 0 Å². The van der Waals surface area contributed by atoms with Crippen LogP contribution in [0.15, 0.2) is 35.8 Å². The second kappa shape index (κ2) is 6.84. The van der Waals surface area contributed by atoms with Crippen molar-refractivity contribution in [1.29, 1.82) is 0 Å². The lowest BCUT2D eigenvalue weighted by atomic mass is 10.1. The summed E-state index contributed by atoms with van der Waals surface area (Å²) in [5.74, 6) is 0.0904. The van der Waals surface area contributed by atoms with Crippen LogP contribution < -0.4 is 5.32 Å². The van der Waals surface area contributed by atoms with E-state index >= 15 is 0 Å². The molecule has 2 amide bonds. The number of carbonyl (C=O) groups excluding carboxylic acids is 2. The van der Waals surface area contributed by atoms with Crippen molar-refractivity contribution in [2.24, 2.45) is 5.92 Å². The molecule has 1 fully saturated rings. The minimum absolute atomic E-state index is 0.00658. The third-order valence-electron chi connectivity index (χ3n) is 4.49. The quantitative estimate of drug-likeness (QED) is 0.913. The van der Waals surface area contributed by atoms with E-state index in [1.807, 2.05) is 30.3 Å². The zero-order valence-corrected chi connectivity index (χ0v) is 14.5. The standard InChI is InChI=1S/C18H19N3O3S/c22-17(13-6-7-13)20-16-15-14(19-11-25-15)8-9-21(16)18(23)24-10-12-4-2-1-3-5-12/h1-5,11,13,16H,6-10H2,(H,20,22). The summed E-state index contributed by atoms with van der Waals surface area (Å²) in [6.45, 7) is 0.703. The van der Waals surface area contributed by atoms with Crippen molar-refractivity contribution < 1.29 is 14.3 Å². The second-order valence-electron chi connectivity index (χ2n) is 6.33. The van der Waals surface area contributed by atoms with Gasteiger partial charge in [0.2, 0.25) is 5.91 Å². The summed E-state index contributed by atoms with van der Waals surface area (Å²) in [6, 6.07) is 9.57. The fourth-order valence-electron chi connectivity index (χ4n) is 2.93. The Labute approximate surface area is 149 Å². The maximum absolute atomic E-state index is 12.6. The van der Waals surface area contributed by atoms with Crippen molar-refractivity contribution in [1.82, 2.24) is 15.2 Å². The number of hydrogen-bond donors (Lipinski definition) is 1. The highest BCUT2D eigenvalue weighted by Gasteiger charge is 2.38. The molecule has 6 nitrogen and oxygen atoms in total. The zero-order chi connectivity index (χ0) is 17.2. The Morgan fingerprint density at radius 2 is 2.08 bits per heavy atom. The third kappa shape index (κ3) is 3.51. The molecule has 1 N–H and O–H groups in total. The number of amides is 2. The van der Waals surface area contributed by atoms with Crippen LogP contribution in [0.3, 0.4) is 0 Å². The molecular formula is C18H19N3O3S. The lowest BCUT2D eigenvalue weighted by Crippen LogP contribution is -2.48. The van der Waals surface area contributed by atoms with Crippen LogP contribution in [-0.4, -0.2) is 28.4 Å². The molecule has 1 saturated carbocycles. The average molecular weight is 357 g/mol. The maximum atomic E-state index is 12.6. The van der Waals surface area contributed by atoms with Gasteiger partial charge in [-0.2, -0.15) is 0 Å². The van der Waals surface area contributed by atoms with Crippen LogP contribution in [0.5, 0.6) is 0 Å². The number of benzene rings is 1. The topological polar surface area (TPSA) is 71.5 Å². The van der Waals surface area contributed by atoms with Gasteiger partial charge in [-0.1, -0.05) is 30.3 Å². The van der Waals surface area contributed by atoms with Crippen molar-refractivity contribution in [2.45, 2.75) is 32.0 Å². The Morgan fingerprint density at radius 1 is 1.28 bits per heavy atom. The summed E-state index contributed by atoms with van der Waals surface area (Å²) >= 11 is 1.47. The van der Waals surface area contributed by atoms with Gasteiger partial charge >= 0.3 is 6.09 Å². The molecule has 1 aliphatic heterocycles. The van der Waals surface area contributed by atoms with Crippen molar-refractivity contribution in [2.75, 3.05) is 6.54 Å². The highest BCUT2D eigenvalue weighted by Crippen LogP contribution is 2.34. The highest BCUT2D eigenvalue weighted by atomic mass is 32.1. The van der Waals surface area contributed by atoms with Crippen LogP contribution in [-0.2, 0) is 22.6 Å². The van der Waals surface area contributed by atoms with Gasteiger partial charge in [0.05, 0.1) is 16.1 Å². The number of nitrogens with one attached hydrogen (secondary N) is 1. The number of fused-ring (bicyclic) bond motifs is 1. The van der Waals surface area contributed by atoms with Gasteiger partial charge < -0.3 is 10.1 Å². The smallest absolute Gasteiger partial charge is 0.412 e. The molecule has 1 unspecified atom stereocenters. The van der Waals surface area contributed by atoms with E-state index in [0.717, 1.165) is 29.0 Å². The predicted molar refractivity (Wildman–Crippen MR) is 92.8 cm³/mol. The molecule has 2 heterocycles. The number of nitrogens with zero attached hydrogens (tertiary/aromatic N) is 2. The van der Waals surface area contributed by atoms with Gasteiger partial charge in [-0.25, -0.2) is 9.78 Å². The van der Waals surface area contributed by atoms with E-state index in [2.05, 4.69) is 10.3 Å². The second-order valence-corrected chi connectivity index (χ2v) is 7.22. The molecule has 7 heteroatoms. The average Bonchev–Trinajstić information content (AvgIpc) is 3.38. The lowest BCUT2D eigenvalue weighted by molar-refractivity contribution is -0.124. The van der Waals surface area contributed by atoms with Gasteiger partial charge in [-0.15, -0.1) is 11.3 Å². The summed E-state index contributed by atoms with van der Waals surface area (Å²) in [6.07, 6.45) is 1.63. The number of aromatic nitrogens is 1. The summed E-state index contributed by atoms with van der Waals surface area (Å²) in [7, 11) is 0. The van der Waals surface area contributed by atoms with Crippen molar-refractivity contribution >= 4 is 23.3 Å². The normalized spacial score (nSPS) is 19.2. The first kappa shape index (κ1) is 16.1. The van der Waals surface area contributed by atoms with Gasteiger partial charge in [0, 0.05) is 18.9 Å². The first-order chi connectivity index (χ1) is 12.2. The SMILES string of the molecule is O=C(NC1c2scnc2CCN1C(=O)OCc1ccccc1)C1CC1. The molecule has 0 spiro atoms. The van der Waals surface area contributed by atoms with E-state index in [1.54, 1.807) is 10.4 Å². The summed E-state index contributed by atoms with van der Waals surface area (Å²) in [5, 5.41) is 3.01. The van der Waals surface area contributed by atoms with Gasteiger partial charge in [0.15, 0.2) is 0 Å². The Balaban J connectivity index is 1.48. The zero-order valence-electron chi connectivity index (χ0n) is 13.7. The molecule has 1 aromatic carbocycles. The van der Waals surface area contributed by atoms with Crippen molar-refractivity contribution in [3.63, 3.8) is 0 Å². The Kier molecular flexibility index (Phi) is 4.40. The van der Waals surface area contributed by atoms with Gasteiger partial charge in [0.1, 0.15) is 12.8 Å². The molecule has 2 aromatic rings. The predicted octanol–water partition coefficient (Wildman–Crippen LogP) is 2.86. The molecular weight excluding hydrogens is 338 g/mol. The largest absolute Gasteiger partial charge is 0.444 e. The number of hydrogen-bond acceptors (Lipinski definition) is 5. The van der Waals surface area contributed by atoms with Crippen LogP contribution in [0.2, 0.25) is 0 Å². The van der Waals surface area contributed by atoms with E-state index in [-0.39, 0.29) is 18.4 Å². The molecule has 25 heavy (non-hydrogen) atoms. The summed E-state index contributed by atoms with van der Waals surface area (Å²) < 4.78 is 5.47. The molecule has 0 bridgehead atoms. The molecule has 1 aromatic heterocycles. The Hall–Kier alpha value is -2.41. The van der Waals surface area contributed by atoms with Gasteiger partial charge in [0.25, 0.3) is 0 Å². The van der Waals surface area contributed by atoms with Gasteiger partial charge in [-0.3, -0.25) is 9.69 Å². The number of carbonyl (C=O) groups is 2. The molecule has 4 rings (SSSR count). The number of thiazole rings is 1. The number of rotatable bonds is 4. The number of ether oxygens (including phenoxy) is 1. The Morgan fingerprint density at radius 3 is 2.84 bits per heavy atom. The van der Waals surface area contributed by atoms with Crippen LogP contribution in [0.25, 0.3) is 0 Å². The van der Waals surface area contributed by atoms with E-state index in [1.165, 1.54) is 11.3 Å². The molecule has 0 radical (unpaired) electrons. The maximum Gasteiger partial charge on any atom is 0.412 e. The van der Waals surface area contributed by atoms with E-state index in [4.69, 9.17) is 4.74 Å². The van der Waals surface area contributed by atoms with E-state index in [9.17, 15) is 9.59 Å². The van der Waals surface area contributed by atoms with Crippen LogP contribution >= 0.6 is 11.3 Å². The van der Waals surface area contributed by atoms with Crippen LogP contribution in [0.4, 0.5) is 4.79 Å². The molecule has 2 aliphatic rings. The lowest BCUT2D eigenvalue weighted by Gasteiger charge is -2.34. The summed E-state index contributed by atoms with van der Waals surface area (Å²) in [5.41, 5.74) is 3.66. The first-order valence-corrected chi connectivity index (χ1v) is 9.30. The monoisotopic (exact) mass is 357 g/mol. The molecule has 1 atom stereocenters. The summed E-state index contributed by atoms with van der Waals surface area (Å²) in [4.78, 5) is 31.7. The fourth-order valence-corrected chi connectivity index (χ4v) is 3.83.